The first-order chi connectivity index (χ1) is 20.7. The quantitative estimate of drug-likeness (QED) is 0.0785. The molecule has 0 aliphatic heterocycles. The number of rotatable bonds is 12. The minimum Gasteiger partial charge on any atom is -0.316 e. The molecule has 0 bridgehead atoms. The molecule has 0 aliphatic rings. The van der Waals surface area contributed by atoms with E-state index in [1.807, 2.05) is 36.0 Å². The third kappa shape index (κ3) is 11.4. The number of nitrogens with one attached hydrogen (secondary N) is 1. The summed E-state index contributed by atoms with van der Waals surface area (Å²) in [5, 5.41) is 11.4. The average molecular weight is 750 g/mol. The zero-order chi connectivity index (χ0) is 29.4. The van der Waals surface area contributed by atoms with Crippen LogP contribution in [-0.4, -0.2) is 30.8 Å². The van der Waals surface area contributed by atoms with E-state index in [9.17, 15) is 0 Å². The van der Waals surface area contributed by atoms with Crippen molar-refractivity contribution in [1.29, 1.82) is 0 Å². The van der Waals surface area contributed by atoms with Gasteiger partial charge in [-0.25, -0.2) is 0 Å². The molecule has 5 aromatic carbocycles. The number of thioether (sulfide) groups is 1. The van der Waals surface area contributed by atoms with Crippen molar-refractivity contribution < 1.29 is 19.5 Å². The van der Waals surface area contributed by atoms with Crippen LogP contribution < -0.4 is 31.8 Å². The van der Waals surface area contributed by atoms with E-state index in [1.165, 1.54) is 38.9 Å². The molecule has 0 fully saturated rings. The number of hydrogen-bond donors (Lipinski definition) is 1. The van der Waals surface area contributed by atoms with Crippen LogP contribution in [0.3, 0.4) is 0 Å². The van der Waals surface area contributed by atoms with Crippen LogP contribution in [0, 0.1) is 0 Å². The zero-order valence-electron chi connectivity index (χ0n) is 24.2. The molecule has 0 saturated heterocycles. The summed E-state index contributed by atoms with van der Waals surface area (Å²) in [6.07, 6.45) is 1.21. The smallest absolute Gasteiger partial charge is 0.316 e. The van der Waals surface area contributed by atoms with Crippen molar-refractivity contribution in [2.24, 2.45) is 0 Å². The fourth-order valence-electron chi connectivity index (χ4n) is 4.47. The van der Waals surface area contributed by atoms with Crippen molar-refractivity contribution in [2.45, 2.75) is 6.92 Å². The molecule has 0 heterocycles. The van der Waals surface area contributed by atoms with Gasteiger partial charge in [-0.15, -0.1) is 0 Å². The van der Waals surface area contributed by atoms with Gasteiger partial charge in [0.1, 0.15) is 0 Å². The molecule has 1 nitrogen and oxygen atoms in total. The Morgan fingerprint density at radius 3 is 1.51 bits per heavy atom. The van der Waals surface area contributed by atoms with Crippen LogP contribution in [-0.2, 0) is 19.5 Å². The fourth-order valence-corrected chi connectivity index (χ4v) is 10.3. The van der Waals surface area contributed by atoms with Crippen LogP contribution in [0.4, 0.5) is 0 Å². The molecule has 7 heteroatoms. The topological polar surface area (TPSA) is 12.0 Å². The second-order valence-electron chi connectivity index (χ2n) is 9.35. The molecule has 43 heavy (non-hydrogen) atoms. The van der Waals surface area contributed by atoms with Gasteiger partial charge >= 0.3 is 19.5 Å². The largest absolute Gasteiger partial charge is 2.00 e. The Hall–Kier alpha value is -1.53. The molecule has 0 unspecified atom stereocenters. The predicted molar refractivity (Wildman–Crippen MR) is 195 cm³/mol. The van der Waals surface area contributed by atoms with Gasteiger partial charge in [-0.2, -0.15) is 11.8 Å². The van der Waals surface area contributed by atoms with E-state index in [0.29, 0.717) is 10.0 Å². The molecule has 0 amide bonds. The first-order valence-corrected chi connectivity index (χ1v) is 19.0. The monoisotopic (exact) mass is 749 g/mol. The van der Waals surface area contributed by atoms with Crippen molar-refractivity contribution in [3.63, 3.8) is 0 Å². The molecule has 222 valence electrons. The van der Waals surface area contributed by atoms with E-state index in [1.54, 1.807) is 0 Å². The molecule has 0 aliphatic carbocycles. The first-order valence-electron chi connectivity index (χ1n) is 14.2. The maximum absolute atomic E-state index is 6.47. The summed E-state index contributed by atoms with van der Waals surface area (Å²) in [6, 6.07) is 48.6. The van der Waals surface area contributed by atoms with E-state index in [-0.39, 0.29) is 27.4 Å². The third-order valence-electron chi connectivity index (χ3n) is 6.48. The Kier molecular flexibility index (Phi) is 17.1. The Morgan fingerprint density at radius 1 is 0.581 bits per heavy atom. The van der Waals surface area contributed by atoms with E-state index >= 15 is 0 Å². The molecule has 1 N–H and O–H groups in total. The minimum atomic E-state index is -0.699. The van der Waals surface area contributed by atoms with Crippen LogP contribution in [0.25, 0.3) is 0 Å². The Bertz CT molecular complexity index is 1370. The molecule has 0 radical (unpaired) electrons. The van der Waals surface area contributed by atoms with Crippen LogP contribution in [0.5, 0.6) is 0 Å². The van der Waals surface area contributed by atoms with E-state index in [4.69, 9.17) is 23.2 Å². The SMILES string of the molecule is CCSCCNCCP(c1ccccc1)c1ccccc1.Clc1cccc(P(c2ccccc2)c2ccccc2)c1Cl.[Ru+2]. The van der Waals surface area contributed by atoms with Crippen molar-refractivity contribution in [3.8, 4) is 0 Å². The van der Waals surface area contributed by atoms with Gasteiger partial charge in [0.2, 0.25) is 0 Å². The molecule has 0 atom stereocenters. The number of hydrogen-bond acceptors (Lipinski definition) is 2. The van der Waals surface area contributed by atoms with E-state index in [2.05, 4.69) is 128 Å². The van der Waals surface area contributed by atoms with Gasteiger partial charge in [0.25, 0.3) is 0 Å². The maximum atomic E-state index is 6.47. The molecule has 5 aromatic rings. The van der Waals surface area contributed by atoms with Crippen LogP contribution in [0.2, 0.25) is 10.0 Å². The standard InChI is InChI=1S/C18H13Cl2P.C18H24NPS.Ru/c19-16-12-7-13-17(18(16)20)21(14-8-3-1-4-9-14)15-10-5-2-6-11-15;1-2-21-16-14-19-13-15-20(17-9-5-3-6-10-17)18-11-7-4-8-12-18;/h1-13H;3-12,19H,2,13-16H2,1H3;/q;;+2. The Morgan fingerprint density at radius 2 is 1.05 bits per heavy atom. The van der Waals surface area contributed by atoms with E-state index < -0.39 is 7.92 Å². The van der Waals surface area contributed by atoms with Crippen molar-refractivity contribution in [3.05, 3.63) is 150 Å². The fraction of sp³-hybridized carbons (Fsp3) is 0.167. The summed E-state index contributed by atoms with van der Waals surface area (Å²) in [4.78, 5) is 0. The van der Waals surface area contributed by atoms with Crippen LogP contribution >= 0.6 is 50.8 Å². The summed E-state index contributed by atoms with van der Waals surface area (Å²) in [7, 11) is -0.944. The predicted octanol–water partition coefficient (Wildman–Crippen LogP) is 8.21. The number of halogens is 2. The summed E-state index contributed by atoms with van der Waals surface area (Å²) in [5.41, 5.74) is 0. The molecule has 0 aromatic heterocycles. The van der Waals surface area contributed by atoms with Gasteiger partial charge in [-0.05, 0) is 61.6 Å². The van der Waals surface area contributed by atoms with Gasteiger partial charge < -0.3 is 5.32 Å². The second kappa shape index (κ2) is 20.5. The molecule has 5 rings (SSSR count). The van der Waals surface area contributed by atoms with Crippen molar-refractivity contribution in [1.82, 2.24) is 5.32 Å². The van der Waals surface area contributed by atoms with E-state index in [0.717, 1.165) is 18.4 Å². The van der Waals surface area contributed by atoms with Gasteiger partial charge in [-0.3, -0.25) is 0 Å². The van der Waals surface area contributed by atoms with Gasteiger partial charge in [0.05, 0.1) is 10.0 Å². The number of benzene rings is 5. The van der Waals surface area contributed by atoms with Crippen molar-refractivity contribution in [2.75, 3.05) is 30.8 Å². The average Bonchev–Trinajstić information content (AvgIpc) is 3.05. The molecule has 0 saturated carbocycles. The summed E-state index contributed by atoms with van der Waals surface area (Å²) >= 11 is 14.7. The Labute approximate surface area is 287 Å². The maximum Gasteiger partial charge on any atom is 2.00 e. The van der Waals surface area contributed by atoms with Crippen molar-refractivity contribution >= 4 is 77.3 Å². The summed E-state index contributed by atoms with van der Waals surface area (Å²) in [6.45, 7) is 4.43. The minimum absolute atomic E-state index is 0. The van der Waals surface area contributed by atoms with Crippen LogP contribution in [0.15, 0.2) is 140 Å². The van der Waals surface area contributed by atoms with Gasteiger partial charge in [0.15, 0.2) is 0 Å². The van der Waals surface area contributed by atoms with Gasteiger partial charge in [-0.1, -0.05) is 164 Å². The molecule has 0 spiro atoms. The third-order valence-corrected chi connectivity index (χ3v) is 13.3. The molecular formula is C36H37Cl2NP2RuS+2. The normalized spacial score (nSPS) is 10.6. The Balaban J connectivity index is 0.000000230. The first kappa shape index (κ1) is 35.9. The molecular weight excluding hydrogens is 712 g/mol. The second-order valence-corrected chi connectivity index (χ2v) is 16.0. The summed E-state index contributed by atoms with van der Waals surface area (Å²) < 4.78 is 0. The summed E-state index contributed by atoms with van der Waals surface area (Å²) in [5.74, 6) is 2.42. The van der Waals surface area contributed by atoms with Gasteiger partial charge in [0, 0.05) is 17.6 Å². The zero-order valence-corrected chi connectivity index (χ0v) is 30.1. The van der Waals surface area contributed by atoms with Crippen LogP contribution in [0.1, 0.15) is 6.92 Å².